The number of carbonyl (C=O) groups is 1. The van der Waals surface area contributed by atoms with Crippen LogP contribution in [0.5, 0.6) is 0 Å². The van der Waals surface area contributed by atoms with Gasteiger partial charge in [-0.15, -0.1) is 0 Å². The van der Waals surface area contributed by atoms with E-state index in [4.69, 9.17) is 0 Å². The van der Waals surface area contributed by atoms with Gasteiger partial charge in [-0.05, 0) is 12.5 Å². The Hall–Kier alpha value is -2.75. The fourth-order valence-corrected chi connectivity index (χ4v) is 4.79. The van der Waals surface area contributed by atoms with E-state index in [1.54, 1.807) is 6.07 Å². The summed E-state index contributed by atoms with van der Waals surface area (Å²) in [6.07, 6.45) is 0.0163. The summed E-state index contributed by atoms with van der Waals surface area (Å²) in [5, 5.41) is -1.06. The van der Waals surface area contributed by atoms with Crippen molar-refractivity contribution in [1.82, 2.24) is 14.9 Å². The van der Waals surface area contributed by atoms with Crippen LogP contribution in [0.2, 0.25) is 0 Å². The van der Waals surface area contributed by atoms with E-state index in [0.717, 1.165) is 6.07 Å². The molecule has 1 unspecified atom stereocenters. The van der Waals surface area contributed by atoms with Crippen molar-refractivity contribution in [2.24, 2.45) is 0 Å². The standard InChI is InChI=1S/C16H16FN3O5S/c17-11-4-2-1-3-10(11)13-5-6-20(7-8-26(13,24)25)15(22)12-9-14(21)19-16(23)18-12/h1-4,9,13H,5-8H2,(H2,18,19,21,23). The Kier molecular flexibility index (Phi) is 4.77. The highest BCUT2D eigenvalue weighted by atomic mass is 32.2. The topological polar surface area (TPSA) is 120 Å². The molecule has 1 amide bonds. The summed E-state index contributed by atoms with van der Waals surface area (Å²) in [5.41, 5.74) is -1.71. The highest BCUT2D eigenvalue weighted by Gasteiger charge is 2.34. The number of amides is 1. The molecule has 1 atom stereocenters. The Bertz CT molecular complexity index is 1030. The molecule has 2 N–H and O–H groups in total. The van der Waals surface area contributed by atoms with Gasteiger partial charge in [0.15, 0.2) is 9.84 Å². The van der Waals surface area contributed by atoms with Crippen molar-refractivity contribution in [3.63, 3.8) is 0 Å². The van der Waals surface area contributed by atoms with Crippen LogP contribution in [-0.2, 0) is 9.84 Å². The molecule has 0 spiro atoms. The van der Waals surface area contributed by atoms with Gasteiger partial charge in [-0.1, -0.05) is 18.2 Å². The van der Waals surface area contributed by atoms with Gasteiger partial charge < -0.3 is 9.88 Å². The molecule has 1 aliphatic rings. The van der Waals surface area contributed by atoms with E-state index in [-0.39, 0.29) is 36.5 Å². The molecule has 1 aromatic heterocycles. The number of hydrogen-bond donors (Lipinski definition) is 2. The Morgan fingerprint density at radius 2 is 1.88 bits per heavy atom. The first-order valence-corrected chi connectivity index (χ1v) is 9.58. The van der Waals surface area contributed by atoms with Crippen molar-refractivity contribution in [2.75, 3.05) is 18.8 Å². The van der Waals surface area contributed by atoms with E-state index in [1.807, 2.05) is 4.98 Å². The Labute approximate surface area is 147 Å². The minimum absolute atomic E-state index is 0.0163. The molecule has 8 nitrogen and oxygen atoms in total. The van der Waals surface area contributed by atoms with Crippen molar-refractivity contribution in [3.8, 4) is 0 Å². The Morgan fingerprint density at radius 1 is 1.15 bits per heavy atom. The maximum atomic E-state index is 14.0. The smallest absolute Gasteiger partial charge is 0.326 e. The average Bonchev–Trinajstić information content (AvgIpc) is 2.72. The SMILES string of the molecule is O=C(c1cc(=O)[nH]c(=O)[nH]1)N1CCC(c2ccccc2F)S(=O)(=O)CC1. The van der Waals surface area contributed by atoms with E-state index < -0.39 is 38.1 Å². The summed E-state index contributed by atoms with van der Waals surface area (Å²) < 4.78 is 39.1. The molecule has 0 saturated carbocycles. The molecule has 0 bridgehead atoms. The third-order valence-electron chi connectivity index (χ3n) is 4.27. The van der Waals surface area contributed by atoms with Gasteiger partial charge in [0, 0.05) is 24.7 Å². The number of nitrogens with one attached hydrogen (secondary N) is 2. The van der Waals surface area contributed by atoms with Gasteiger partial charge in [0.05, 0.1) is 11.0 Å². The van der Waals surface area contributed by atoms with Crippen molar-refractivity contribution in [3.05, 3.63) is 68.2 Å². The number of rotatable bonds is 2. The molecule has 2 aromatic rings. The molecule has 1 aliphatic heterocycles. The highest BCUT2D eigenvalue weighted by Crippen LogP contribution is 2.31. The monoisotopic (exact) mass is 381 g/mol. The molecular weight excluding hydrogens is 365 g/mol. The predicted octanol–water partition coefficient (Wildman–Crippen LogP) is 0.204. The number of hydrogen-bond acceptors (Lipinski definition) is 5. The first kappa shape index (κ1) is 18.1. The van der Waals surface area contributed by atoms with Gasteiger partial charge in [0.1, 0.15) is 11.5 Å². The van der Waals surface area contributed by atoms with Gasteiger partial charge in [-0.3, -0.25) is 14.6 Å². The van der Waals surface area contributed by atoms with Crippen LogP contribution in [0.15, 0.2) is 39.9 Å². The number of carbonyl (C=O) groups excluding carboxylic acids is 1. The summed E-state index contributed by atoms with van der Waals surface area (Å²) in [4.78, 5) is 40.6. The van der Waals surface area contributed by atoms with Crippen molar-refractivity contribution in [1.29, 1.82) is 0 Å². The molecule has 26 heavy (non-hydrogen) atoms. The average molecular weight is 381 g/mol. The van der Waals surface area contributed by atoms with Crippen LogP contribution in [0.25, 0.3) is 0 Å². The van der Waals surface area contributed by atoms with Gasteiger partial charge in [-0.2, -0.15) is 0 Å². The van der Waals surface area contributed by atoms with Crippen molar-refractivity contribution in [2.45, 2.75) is 11.7 Å². The quantitative estimate of drug-likeness (QED) is 0.770. The van der Waals surface area contributed by atoms with Gasteiger partial charge in [0.25, 0.3) is 11.5 Å². The van der Waals surface area contributed by atoms with Crippen LogP contribution in [0.4, 0.5) is 4.39 Å². The third-order valence-corrected chi connectivity index (χ3v) is 6.38. The maximum Gasteiger partial charge on any atom is 0.326 e. The third kappa shape index (κ3) is 3.59. The molecule has 10 heteroatoms. The summed E-state index contributed by atoms with van der Waals surface area (Å²) in [6.45, 7) is -0.0627. The fraction of sp³-hybridized carbons (Fsp3) is 0.312. The second kappa shape index (κ2) is 6.87. The molecule has 2 heterocycles. The minimum Gasteiger partial charge on any atom is -0.336 e. The molecule has 1 aromatic carbocycles. The van der Waals surface area contributed by atoms with Gasteiger partial charge >= 0.3 is 5.69 Å². The van der Waals surface area contributed by atoms with Crippen LogP contribution in [0.1, 0.15) is 27.7 Å². The van der Waals surface area contributed by atoms with Crippen LogP contribution < -0.4 is 11.2 Å². The molecule has 3 rings (SSSR count). The summed E-state index contributed by atoms with van der Waals surface area (Å²) in [6, 6.07) is 6.59. The molecule has 0 aliphatic carbocycles. The maximum absolute atomic E-state index is 14.0. The summed E-state index contributed by atoms with van der Waals surface area (Å²) >= 11 is 0. The van der Waals surface area contributed by atoms with Crippen molar-refractivity contribution >= 4 is 15.7 Å². The Balaban J connectivity index is 1.89. The molecule has 1 fully saturated rings. The largest absolute Gasteiger partial charge is 0.336 e. The number of sulfone groups is 1. The van der Waals surface area contributed by atoms with Crippen molar-refractivity contribution < 1.29 is 17.6 Å². The van der Waals surface area contributed by atoms with Gasteiger partial charge in [0.2, 0.25) is 0 Å². The zero-order valence-electron chi connectivity index (χ0n) is 13.6. The second-order valence-corrected chi connectivity index (χ2v) is 8.26. The Morgan fingerprint density at radius 3 is 2.58 bits per heavy atom. The van der Waals surface area contributed by atoms with E-state index in [0.29, 0.717) is 0 Å². The summed E-state index contributed by atoms with van der Waals surface area (Å²) in [5.74, 6) is -1.61. The summed E-state index contributed by atoms with van der Waals surface area (Å²) in [7, 11) is -3.67. The normalized spacial score (nSPS) is 19.7. The van der Waals surface area contributed by atoms with Crippen LogP contribution in [0.3, 0.4) is 0 Å². The van der Waals surface area contributed by atoms with E-state index in [2.05, 4.69) is 4.98 Å². The van der Waals surface area contributed by atoms with Crippen LogP contribution in [-0.4, -0.2) is 48.0 Å². The number of halogens is 1. The van der Waals surface area contributed by atoms with E-state index in [9.17, 15) is 27.2 Å². The number of H-pyrrole nitrogens is 2. The molecular formula is C16H16FN3O5S. The molecule has 138 valence electrons. The number of aromatic amines is 2. The first-order chi connectivity index (χ1) is 12.3. The van der Waals surface area contributed by atoms with E-state index >= 15 is 0 Å². The lowest BCUT2D eigenvalue weighted by Gasteiger charge is -2.19. The van der Waals surface area contributed by atoms with E-state index in [1.165, 1.54) is 23.1 Å². The lowest BCUT2D eigenvalue weighted by Crippen LogP contribution is -2.36. The number of nitrogens with zero attached hydrogens (tertiary/aromatic N) is 1. The van der Waals surface area contributed by atoms with Crippen LogP contribution in [0, 0.1) is 5.82 Å². The number of aromatic nitrogens is 2. The first-order valence-electron chi connectivity index (χ1n) is 7.87. The second-order valence-electron chi connectivity index (χ2n) is 5.96. The highest BCUT2D eigenvalue weighted by molar-refractivity contribution is 7.91. The molecule has 0 radical (unpaired) electrons. The minimum atomic E-state index is -3.67. The lowest BCUT2D eigenvalue weighted by atomic mass is 10.1. The zero-order chi connectivity index (χ0) is 18.9. The lowest BCUT2D eigenvalue weighted by molar-refractivity contribution is 0.0760. The fourth-order valence-electron chi connectivity index (χ4n) is 2.99. The molecule has 1 saturated heterocycles. The zero-order valence-corrected chi connectivity index (χ0v) is 14.4. The van der Waals surface area contributed by atoms with Crippen LogP contribution >= 0.6 is 0 Å². The number of benzene rings is 1. The van der Waals surface area contributed by atoms with Gasteiger partial charge in [-0.25, -0.2) is 17.6 Å². The predicted molar refractivity (Wildman–Crippen MR) is 91.1 cm³/mol.